The van der Waals surface area contributed by atoms with Gasteiger partial charge in [-0.25, -0.2) is 0 Å². The minimum absolute atomic E-state index is 0.0182. The Balaban J connectivity index is 1.47. The topological polar surface area (TPSA) is 41.6 Å². The average molecular weight is 330 g/mol. The first-order chi connectivity index (χ1) is 11.6. The molecule has 1 amide bonds. The fraction of sp³-hybridized carbons (Fsp3) is 0.650. The molecular formula is C20H30N2O2. The zero-order valence-electron chi connectivity index (χ0n) is 15.0. The predicted octanol–water partition coefficient (Wildman–Crippen LogP) is 2.68. The summed E-state index contributed by atoms with van der Waals surface area (Å²) in [7, 11) is 0. The molecule has 24 heavy (non-hydrogen) atoms. The molecule has 0 radical (unpaired) electrons. The number of ether oxygens (including phenoxy) is 1. The van der Waals surface area contributed by atoms with Crippen molar-refractivity contribution in [3.05, 3.63) is 34.9 Å². The largest absolute Gasteiger partial charge is 0.375 e. The zero-order valence-corrected chi connectivity index (χ0v) is 15.0. The van der Waals surface area contributed by atoms with Gasteiger partial charge in [0.2, 0.25) is 5.91 Å². The van der Waals surface area contributed by atoms with E-state index in [1.165, 1.54) is 42.4 Å². The van der Waals surface area contributed by atoms with Crippen molar-refractivity contribution in [3.63, 3.8) is 0 Å². The van der Waals surface area contributed by atoms with Crippen LogP contribution in [-0.2, 0) is 28.9 Å². The number of hydrogen-bond acceptors (Lipinski definition) is 3. The van der Waals surface area contributed by atoms with Gasteiger partial charge in [-0.15, -0.1) is 0 Å². The molecule has 1 aromatic carbocycles. The molecule has 1 saturated heterocycles. The normalized spacial score (nSPS) is 21.5. The van der Waals surface area contributed by atoms with E-state index in [4.69, 9.17) is 4.74 Å². The predicted molar refractivity (Wildman–Crippen MR) is 96.0 cm³/mol. The van der Waals surface area contributed by atoms with E-state index in [9.17, 15) is 4.79 Å². The van der Waals surface area contributed by atoms with E-state index in [0.717, 1.165) is 19.7 Å². The first-order valence-electron chi connectivity index (χ1n) is 9.35. The molecule has 1 aliphatic heterocycles. The van der Waals surface area contributed by atoms with Crippen molar-refractivity contribution in [2.45, 2.75) is 64.6 Å². The Bertz CT molecular complexity index is 571. The van der Waals surface area contributed by atoms with Gasteiger partial charge >= 0.3 is 0 Å². The smallest absolute Gasteiger partial charge is 0.222 e. The van der Waals surface area contributed by atoms with Crippen LogP contribution in [0.25, 0.3) is 0 Å². The quantitative estimate of drug-likeness (QED) is 0.902. The first-order valence-corrected chi connectivity index (χ1v) is 9.35. The highest BCUT2D eigenvalue weighted by atomic mass is 16.5. The summed E-state index contributed by atoms with van der Waals surface area (Å²) >= 11 is 0. The monoisotopic (exact) mass is 330 g/mol. The van der Waals surface area contributed by atoms with Gasteiger partial charge in [0.25, 0.3) is 0 Å². The van der Waals surface area contributed by atoms with Crippen LogP contribution in [0.4, 0.5) is 0 Å². The lowest BCUT2D eigenvalue weighted by Crippen LogP contribution is -2.47. The first kappa shape index (κ1) is 17.4. The molecule has 1 aliphatic carbocycles. The van der Waals surface area contributed by atoms with E-state index >= 15 is 0 Å². The van der Waals surface area contributed by atoms with E-state index in [1.807, 2.05) is 0 Å². The Morgan fingerprint density at radius 1 is 1.29 bits per heavy atom. The molecule has 0 unspecified atom stereocenters. The number of nitrogens with zero attached hydrogens (tertiary/aromatic N) is 1. The highest BCUT2D eigenvalue weighted by molar-refractivity contribution is 5.76. The third-order valence-corrected chi connectivity index (χ3v) is 5.22. The van der Waals surface area contributed by atoms with E-state index < -0.39 is 0 Å². The molecule has 1 atom stereocenters. The van der Waals surface area contributed by atoms with Gasteiger partial charge in [-0.05, 0) is 56.2 Å². The number of carbonyl (C=O) groups is 1. The van der Waals surface area contributed by atoms with Crippen molar-refractivity contribution in [1.29, 1.82) is 0 Å². The van der Waals surface area contributed by atoms with Gasteiger partial charge in [-0.1, -0.05) is 18.2 Å². The molecule has 3 rings (SSSR count). The number of fused-ring (bicyclic) bond motifs is 1. The van der Waals surface area contributed by atoms with Crippen LogP contribution in [0.1, 0.15) is 49.8 Å². The minimum atomic E-state index is 0.0182. The maximum Gasteiger partial charge on any atom is 0.222 e. The maximum atomic E-state index is 12.2. The second kappa shape index (κ2) is 8.13. The van der Waals surface area contributed by atoms with Crippen LogP contribution in [0.5, 0.6) is 0 Å². The van der Waals surface area contributed by atoms with Crippen LogP contribution < -0.4 is 5.32 Å². The van der Waals surface area contributed by atoms with Crippen molar-refractivity contribution in [2.24, 2.45) is 0 Å². The van der Waals surface area contributed by atoms with Gasteiger partial charge in [0.1, 0.15) is 0 Å². The van der Waals surface area contributed by atoms with Crippen LogP contribution in [0.15, 0.2) is 18.2 Å². The molecule has 1 fully saturated rings. The molecule has 132 valence electrons. The van der Waals surface area contributed by atoms with Gasteiger partial charge in [-0.3, -0.25) is 9.69 Å². The standard InChI is InChI=1S/C20H30N2O2/c1-15(2)22-9-10-24-19(14-22)12-20(23)21-13-16-7-8-17-5-3-4-6-18(17)11-16/h7-8,11,15,19H,3-6,9-10,12-14H2,1-2H3,(H,21,23)/t19-/m1/s1. The van der Waals surface area contributed by atoms with Crippen LogP contribution in [0.2, 0.25) is 0 Å². The number of benzene rings is 1. The number of hydrogen-bond donors (Lipinski definition) is 1. The lowest BCUT2D eigenvalue weighted by Gasteiger charge is -2.35. The number of aryl methyl sites for hydroxylation is 2. The van der Waals surface area contributed by atoms with Crippen molar-refractivity contribution in [2.75, 3.05) is 19.7 Å². The van der Waals surface area contributed by atoms with Crippen molar-refractivity contribution in [3.8, 4) is 0 Å². The second-order valence-corrected chi connectivity index (χ2v) is 7.37. The van der Waals surface area contributed by atoms with Crippen LogP contribution in [-0.4, -0.2) is 42.6 Å². The van der Waals surface area contributed by atoms with Gasteiger partial charge in [0.15, 0.2) is 0 Å². The molecular weight excluding hydrogens is 300 g/mol. The highest BCUT2D eigenvalue weighted by Gasteiger charge is 2.24. The summed E-state index contributed by atoms with van der Waals surface area (Å²) in [5, 5.41) is 3.06. The zero-order chi connectivity index (χ0) is 16.9. The Labute approximate surface area is 145 Å². The van der Waals surface area contributed by atoms with Gasteiger partial charge in [-0.2, -0.15) is 0 Å². The van der Waals surface area contributed by atoms with Crippen LogP contribution in [0.3, 0.4) is 0 Å². The third kappa shape index (κ3) is 4.58. The average Bonchev–Trinajstić information content (AvgIpc) is 2.60. The maximum absolute atomic E-state index is 12.2. The van der Waals surface area contributed by atoms with E-state index in [-0.39, 0.29) is 12.0 Å². The van der Waals surface area contributed by atoms with Crippen molar-refractivity contribution in [1.82, 2.24) is 10.2 Å². The number of amides is 1. The molecule has 2 aliphatic rings. The lowest BCUT2D eigenvalue weighted by molar-refractivity contribution is -0.126. The van der Waals surface area contributed by atoms with Crippen LogP contribution in [0, 0.1) is 0 Å². The number of morpholine rings is 1. The molecule has 0 bridgehead atoms. The van der Waals surface area contributed by atoms with E-state index in [0.29, 0.717) is 19.0 Å². The summed E-state index contributed by atoms with van der Waals surface area (Å²) in [6.45, 7) is 7.54. The Morgan fingerprint density at radius 2 is 2.08 bits per heavy atom. The fourth-order valence-electron chi connectivity index (χ4n) is 3.71. The summed E-state index contributed by atoms with van der Waals surface area (Å²) in [5.41, 5.74) is 4.16. The van der Waals surface area contributed by atoms with E-state index in [1.54, 1.807) is 0 Å². The number of carbonyl (C=O) groups excluding carboxylic acids is 1. The molecule has 0 saturated carbocycles. The molecule has 0 aromatic heterocycles. The summed E-state index contributed by atoms with van der Waals surface area (Å²) < 4.78 is 5.75. The summed E-state index contributed by atoms with van der Waals surface area (Å²) in [6, 6.07) is 7.17. The summed E-state index contributed by atoms with van der Waals surface area (Å²) in [6.07, 6.45) is 5.44. The molecule has 0 spiro atoms. The van der Waals surface area contributed by atoms with Gasteiger partial charge in [0, 0.05) is 25.7 Å². The molecule has 4 heteroatoms. The fourth-order valence-corrected chi connectivity index (χ4v) is 3.71. The van der Waals surface area contributed by atoms with Gasteiger partial charge < -0.3 is 10.1 Å². The highest BCUT2D eigenvalue weighted by Crippen LogP contribution is 2.22. The molecule has 1 aromatic rings. The SMILES string of the molecule is CC(C)N1CCO[C@H](CC(=O)NCc2ccc3c(c2)CCCC3)C1. The summed E-state index contributed by atoms with van der Waals surface area (Å²) in [5.74, 6) is 0.0864. The third-order valence-electron chi connectivity index (χ3n) is 5.22. The van der Waals surface area contributed by atoms with Crippen molar-refractivity contribution >= 4 is 5.91 Å². The molecule has 1 heterocycles. The molecule has 1 N–H and O–H groups in total. The summed E-state index contributed by atoms with van der Waals surface area (Å²) in [4.78, 5) is 14.6. The Hall–Kier alpha value is -1.39. The van der Waals surface area contributed by atoms with E-state index in [2.05, 4.69) is 42.3 Å². The van der Waals surface area contributed by atoms with Gasteiger partial charge in [0.05, 0.1) is 19.1 Å². The molecule has 4 nitrogen and oxygen atoms in total. The minimum Gasteiger partial charge on any atom is -0.375 e. The van der Waals surface area contributed by atoms with Crippen molar-refractivity contribution < 1.29 is 9.53 Å². The number of rotatable bonds is 5. The Morgan fingerprint density at radius 3 is 2.88 bits per heavy atom. The van der Waals surface area contributed by atoms with Crippen LogP contribution >= 0.6 is 0 Å². The Kier molecular flexibility index (Phi) is 5.90. The second-order valence-electron chi connectivity index (χ2n) is 7.37. The lowest BCUT2D eigenvalue weighted by atomic mass is 9.90. The number of nitrogens with one attached hydrogen (secondary N) is 1.